The van der Waals surface area contributed by atoms with Crippen molar-refractivity contribution in [1.29, 1.82) is 0 Å². The smallest absolute Gasteiger partial charge is 0.0452 e. The molecule has 0 radical (unpaired) electrons. The molecule has 0 atom stereocenters. The van der Waals surface area contributed by atoms with Crippen LogP contribution in [0.5, 0.6) is 0 Å². The Balaban J connectivity index is 1.88. The number of anilines is 1. The zero-order valence-corrected chi connectivity index (χ0v) is 11.4. The van der Waals surface area contributed by atoms with Gasteiger partial charge in [-0.1, -0.05) is 54.6 Å². The van der Waals surface area contributed by atoms with E-state index in [2.05, 4.69) is 48.5 Å². The number of para-hydroxylation sites is 1. The number of hydrogen-bond acceptors (Lipinski definition) is 2. The number of thioether (sulfide) groups is 1. The predicted molar refractivity (Wildman–Crippen MR) is 84.4 cm³/mol. The van der Waals surface area contributed by atoms with E-state index < -0.39 is 0 Å². The van der Waals surface area contributed by atoms with Gasteiger partial charge in [0.2, 0.25) is 0 Å². The lowest BCUT2D eigenvalue weighted by molar-refractivity contribution is 1.41. The Morgan fingerprint density at radius 1 is 0.789 bits per heavy atom. The van der Waals surface area contributed by atoms with Crippen LogP contribution in [-0.2, 0) is 5.75 Å². The Bertz CT molecular complexity index is 701. The zero-order chi connectivity index (χ0) is 13.1. The van der Waals surface area contributed by atoms with Crippen LogP contribution in [0.25, 0.3) is 10.8 Å². The van der Waals surface area contributed by atoms with Gasteiger partial charge in [-0.2, -0.15) is 0 Å². The Morgan fingerprint density at radius 3 is 2.42 bits per heavy atom. The van der Waals surface area contributed by atoms with Crippen LogP contribution in [0.15, 0.2) is 71.6 Å². The Morgan fingerprint density at radius 2 is 1.53 bits per heavy atom. The van der Waals surface area contributed by atoms with Gasteiger partial charge in [-0.25, -0.2) is 0 Å². The summed E-state index contributed by atoms with van der Waals surface area (Å²) in [7, 11) is 0. The van der Waals surface area contributed by atoms with Crippen molar-refractivity contribution in [2.75, 3.05) is 5.73 Å². The molecule has 0 unspecified atom stereocenters. The number of nitrogens with two attached hydrogens (primary N) is 1. The number of rotatable bonds is 3. The van der Waals surface area contributed by atoms with Crippen LogP contribution in [-0.4, -0.2) is 0 Å². The lowest BCUT2D eigenvalue weighted by atomic mass is 10.1. The average Bonchev–Trinajstić information content (AvgIpc) is 2.46. The second-order valence-electron chi connectivity index (χ2n) is 4.46. The van der Waals surface area contributed by atoms with Crippen molar-refractivity contribution in [3.8, 4) is 0 Å². The molecule has 0 saturated heterocycles. The van der Waals surface area contributed by atoms with Crippen LogP contribution in [0.4, 0.5) is 5.69 Å². The molecule has 3 rings (SSSR count). The van der Waals surface area contributed by atoms with Gasteiger partial charge in [0, 0.05) is 16.3 Å². The Labute approximate surface area is 117 Å². The molecule has 0 saturated carbocycles. The summed E-state index contributed by atoms with van der Waals surface area (Å²) in [5.74, 6) is 0.940. The van der Waals surface area contributed by atoms with Gasteiger partial charge in [0.1, 0.15) is 0 Å². The highest BCUT2D eigenvalue weighted by molar-refractivity contribution is 7.98. The van der Waals surface area contributed by atoms with E-state index in [4.69, 9.17) is 5.73 Å². The van der Waals surface area contributed by atoms with E-state index in [9.17, 15) is 0 Å². The molecule has 94 valence electrons. The maximum absolute atomic E-state index is 5.98. The van der Waals surface area contributed by atoms with E-state index in [0.717, 1.165) is 16.3 Å². The van der Waals surface area contributed by atoms with Crippen LogP contribution < -0.4 is 5.73 Å². The first kappa shape index (κ1) is 12.1. The summed E-state index contributed by atoms with van der Waals surface area (Å²) in [6.45, 7) is 0. The van der Waals surface area contributed by atoms with Crippen LogP contribution in [0.2, 0.25) is 0 Å². The lowest BCUT2D eigenvalue weighted by Crippen LogP contribution is -1.89. The van der Waals surface area contributed by atoms with Gasteiger partial charge >= 0.3 is 0 Å². The summed E-state index contributed by atoms with van der Waals surface area (Å²) in [5, 5.41) is 2.62. The van der Waals surface area contributed by atoms with Crippen LogP contribution in [0.3, 0.4) is 0 Å². The summed E-state index contributed by atoms with van der Waals surface area (Å²) in [5.41, 5.74) is 8.18. The second-order valence-corrected chi connectivity index (χ2v) is 5.48. The highest BCUT2D eigenvalue weighted by Crippen LogP contribution is 2.30. The number of fused-ring (bicyclic) bond motifs is 1. The van der Waals surface area contributed by atoms with E-state index >= 15 is 0 Å². The molecule has 0 aliphatic carbocycles. The maximum atomic E-state index is 5.98. The highest BCUT2D eigenvalue weighted by atomic mass is 32.2. The normalized spacial score (nSPS) is 10.7. The zero-order valence-electron chi connectivity index (χ0n) is 10.5. The van der Waals surface area contributed by atoms with E-state index in [1.165, 1.54) is 16.3 Å². The monoisotopic (exact) mass is 265 g/mol. The molecule has 0 amide bonds. The van der Waals surface area contributed by atoms with Crippen molar-refractivity contribution in [3.05, 3.63) is 72.3 Å². The topological polar surface area (TPSA) is 26.0 Å². The van der Waals surface area contributed by atoms with Gasteiger partial charge < -0.3 is 5.73 Å². The van der Waals surface area contributed by atoms with E-state index in [1.807, 2.05) is 18.2 Å². The minimum Gasteiger partial charge on any atom is -0.398 e. The summed E-state index contributed by atoms with van der Waals surface area (Å²) < 4.78 is 0. The molecule has 3 aromatic carbocycles. The maximum Gasteiger partial charge on any atom is 0.0452 e. The third kappa shape index (κ3) is 2.59. The summed E-state index contributed by atoms with van der Waals surface area (Å²) in [6, 6.07) is 23.0. The first-order valence-corrected chi connectivity index (χ1v) is 7.27. The third-order valence-corrected chi connectivity index (χ3v) is 4.32. The van der Waals surface area contributed by atoms with Crippen molar-refractivity contribution >= 4 is 28.2 Å². The minimum atomic E-state index is 0.854. The van der Waals surface area contributed by atoms with Gasteiger partial charge in [0.05, 0.1) is 0 Å². The fourth-order valence-corrected chi connectivity index (χ4v) is 3.16. The van der Waals surface area contributed by atoms with Crippen LogP contribution in [0.1, 0.15) is 5.56 Å². The number of benzene rings is 3. The average molecular weight is 265 g/mol. The summed E-state index contributed by atoms with van der Waals surface area (Å²) >= 11 is 1.79. The molecule has 0 aliphatic rings. The molecule has 0 aliphatic heterocycles. The largest absolute Gasteiger partial charge is 0.398 e. The van der Waals surface area contributed by atoms with Gasteiger partial charge in [-0.05, 0) is 28.5 Å². The molecule has 19 heavy (non-hydrogen) atoms. The lowest BCUT2D eigenvalue weighted by Gasteiger charge is -2.08. The molecule has 1 nitrogen and oxygen atoms in total. The van der Waals surface area contributed by atoms with Crippen molar-refractivity contribution in [3.63, 3.8) is 0 Å². The highest BCUT2D eigenvalue weighted by Gasteiger charge is 2.03. The van der Waals surface area contributed by atoms with Crippen LogP contribution in [0, 0.1) is 0 Å². The quantitative estimate of drug-likeness (QED) is 0.548. The van der Waals surface area contributed by atoms with E-state index in [-0.39, 0.29) is 0 Å². The van der Waals surface area contributed by atoms with E-state index in [1.54, 1.807) is 11.8 Å². The van der Waals surface area contributed by atoms with Gasteiger partial charge in [-0.15, -0.1) is 11.8 Å². The molecule has 2 N–H and O–H groups in total. The standard InChI is InChI=1S/C17H15NS/c18-16-10-3-4-11-17(16)19-12-14-8-5-7-13-6-1-2-9-15(13)14/h1-11H,12,18H2. The Kier molecular flexibility index (Phi) is 3.43. The minimum absolute atomic E-state index is 0.854. The summed E-state index contributed by atoms with van der Waals surface area (Å²) in [6.07, 6.45) is 0. The molecule has 0 heterocycles. The molecule has 0 aromatic heterocycles. The SMILES string of the molecule is Nc1ccccc1SCc1cccc2ccccc12. The third-order valence-electron chi connectivity index (χ3n) is 3.18. The number of hydrogen-bond donors (Lipinski definition) is 1. The number of nitrogen functional groups attached to an aromatic ring is 1. The molecule has 0 spiro atoms. The van der Waals surface area contributed by atoms with E-state index in [0.29, 0.717) is 0 Å². The molecule has 3 aromatic rings. The van der Waals surface area contributed by atoms with Crippen molar-refractivity contribution in [2.45, 2.75) is 10.6 Å². The Hall–Kier alpha value is -1.93. The van der Waals surface area contributed by atoms with Gasteiger partial charge in [-0.3, -0.25) is 0 Å². The van der Waals surface area contributed by atoms with Gasteiger partial charge in [0.15, 0.2) is 0 Å². The van der Waals surface area contributed by atoms with Crippen molar-refractivity contribution < 1.29 is 0 Å². The molecule has 2 heteroatoms. The molecule has 0 bridgehead atoms. The fourth-order valence-electron chi connectivity index (χ4n) is 2.19. The van der Waals surface area contributed by atoms with Crippen molar-refractivity contribution in [1.82, 2.24) is 0 Å². The predicted octanol–water partition coefficient (Wildman–Crippen LogP) is 4.71. The molecule has 0 fully saturated rings. The molecular weight excluding hydrogens is 250 g/mol. The summed E-state index contributed by atoms with van der Waals surface area (Å²) in [4.78, 5) is 1.15. The fraction of sp³-hybridized carbons (Fsp3) is 0.0588. The second kappa shape index (κ2) is 5.37. The first-order valence-electron chi connectivity index (χ1n) is 6.28. The molecular formula is C17H15NS. The van der Waals surface area contributed by atoms with Crippen molar-refractivity contribution in [2.24, 2.45) is 0 Å². The van der Waals surface area contributed by atoms with Gasteiger partial charge in [0.25, 0.3) is 0 Å². The van der Waals surface area contributed by atoms with Crippen LogP contribution >= 0.6 is 11.8 Å². The first-order chi connectivity index (χ1) is 9.34.